The van der Waals surface area contributed by atoms with E-state index in [0.29, 0.717) is 24.6 Å². The second-order valence-corrected chi connectivity index (χ2v) is 8.65. The summed E-state index contributed by atoms with van der Waals surface area (Å²) in [5.74, 6) is 0.574. The molecule has 0 saturated carbocycles. The predicted octanol–water partition coefficient (Wildman–Crippen LogP) is -2.39. The van der Waals surface area contributed by atoms with Crippen molar-refractivity contribution < 1.29 is 9.59 Å². The summed E-state index contributed by atoms with van der Waals surface area (Å²) in [7, 11) is 0. The molecule has 2 unspecified atom stereocenters. The lowest BCUT2D eigenvalue weighted by molar-refractivity contribution is -0.151. The zero-order valence-electron chi connectivity index (χ0n) is 14.7. The summed E-state index contributed by atoms with van der Waals surface area (Å²) >= 11 is 1.61. The number of tetrazole rings is 2. The van der Waals surface area contributed by atoms with Gasteiger partial charge in [0.2, 0.25) is 11.8 Å². The van der Waals surface area contributed by atoms with E-state index in [9.17, 15) is 9.59 Å². The first-order chi connectivity index (χ1) is 12.9. The second kappa shape index (κ2) is 6.53. The molecule has 0 bridgehead atoms. The lowest BCUT2D eigenvalue weighted by atomic mass is 9.95. The number of aromatic nitrogens is 8. The standard InChI is InChI=1S/C13H19N11O2S/c1-13(2)9(10-17-19-20-18-10)24-11(26)8(12(24)27-13)15-7(25)5-23-6(3-4-14)16-21-22-23/h8-9,12H,3-5,14H2,1-2H3,(H,15,25)(H,17,18,19,20)/t8?,9?,12-/m0/s1. The van der Waals surface area contributed by atoms with Crippen molar-refractivity contribution in [1.82, 2.24) is 51.0 Å². The van der Waals surface area contributed by atoms with Gasteiger partial charge in [-0.2, -0.15) is 0 Å². The Balaban J connectivity index is 1.44. The smallest absolute Gasteiger partial charge is 0.249 e. The Labute approximate surface area is 157 Å². The first kappa shape index (κ1) is 17.8. The lowest BCUT2D eigenvalue weighted by Crippen LogP contribution is -2.68. The van der Waals surface area contributed by atoms with E-state index >= 15 is 0 Å². The summed E-state index contributed by atoms with van der Waals surface area (Å²) in [5.41, 5.74) is 5.51. The van der Waals surface area contributed by atoms with Gasteiger partial charge in [-0.15, -0.1) is 22.0 Å². The molecule has 3 atom stereocenters. The molecule has 4 N–H and O–H groups in total. The first-order valence-corrected chi connectivity index (χ1v) is 9.28. The molecule has 2 aliphatic rings. The lowest BCUT2D eigenvalue weighted by Gasteiger charge is -2.44. The topological polar surface area (TPSA) is 173 Å². The van der Waals surface area contributed by atoms with Crippen LogP contribution in [0.4, 0.5) is 0 Å². The van der Waals surface area contributed by atoms with Crippen LogP contribution in [0.1, 0.15) is 31.5 Å². The minimum Gasteiger partial charge on any atom is -0.340 e. The molecule has 0 aromatic carbocycles. The van der Waals surface area contributed by atoms with Gasteiger partial charge in [0, 0.05) is 11.2 Å². The Morgan fingerprint density at radius 2 is 2.19 bits per heavy atom. The normalized spacial score (nSPS) is 26.0. The van der Waals surface area contributed by atoms with Crippen LogP contribution in [0.3, 0.4) is 0 Å². The maximum absolute atomic E-state index is 12.7. The van der Waals surface area contributed by atoms with E-state index in [2.05, 4.69) is 41.5 Å². The molecule has 13 nitrogen and oxygen atoms in total. The number of carbonyl (C=O) groups excluding carboxylic acids is 2. The van der Waals surface area contributed by atoms with Gasteiger partial charge >= 0.3 is 0 Å². The fourth-order valence-corrected chi connectivity index (χ4v) is 5.12. The summed E-state index contributed by atoms with van der Waals surface area (Å²) in [6.07, 6.45) is 0.468. The Bertz CT molecular complexity index is 850. The van der Waals surface area contributed by atoms with Crippen molar-refractivity contribution in [2.24, 2.45) is 5.73 Å². The number of nitrogens with one attached hydrogen (secondary N) is 2. The number of H-pyrrole nitrogens is 1. The first-order valence-electron chi connectivity index (χ1n) is 8.40. The zero-order valence-corrected chi connectivity index (χ0v) is 15.5. The van der Waals surface area contributed by atoms with E-state index in [1.165, 1.54) is 4.68 Å². The molecule has 27 heavy (non-hydrogen) atoms. The molecular formula is C13H19N11O2S. The number of aromatic amines is 1. The molecule has 0 radical (unpaired) electrons. The Morgan fingerprint density at radius 3 is 2.89 bits per heavy atom. The molecule has 2 aromatic heterocycles. The summed E-state index contributed by atoms with van der Waals surface area (Å²) in [5, 5.41) is 27.7. The van der Waals surface area contributed by atoms with Crippen LogP contribution in [0, 0.1) is 0 Å². The van der Waals surface area contributed by atoms with Crippen LogP contribution >= 0.6 is 11.8 Å². The third kappa shape index (κ3) is 2.93. The quantitative estimate of drug-likeness (QED) is 0.449. The maximum Gasteiger partial charge on any atom is 0.249 e. The molecular weight excluding hydrogens is 374 g/mol. The number of fused-ring (bicyclic) bond motifs is 1. The Hall–Kier alpha value is -2.61. The number of hydrogen-bond acceptors (Lipinski definition) is 10. The van der Waals surface area contributed by atoms with E-state index < -0.39 is 6.04 Å². The average molecular weight is 393 g/mol. The predicted molar refractivity (Wildman–Crippen MR) is 91.7 cm³/mol. The molecule has 4 heterocycles. The van der Waals surface area contributed by atoms with Gasteiger partial charge in [-0.1, -0.05) is 0 Å². The fourth-order valence-electron chi connectivity index (χ4n) is 3.48. The van der Waals surface area contributed by atoms with Gasteiger partial charge in [0.05, 0.1) is 0 Å². The van der Waals surface area contributed by atoms with Gasteiger partial charge in [-0.3, -0.25) is 9.59 Å². The highest BCUT2D eigenvalue weighted by molar-refractivity contribution is 8.01. The number of carbonyl (C=O) groups is 2. The van der Waals surface area contributed by atoms with Crippen LogP contribution in [-0.4, -0.2) is 80.3 Å². The molecule has 0 aliphatic carbocycles. The number of amides is 2. The number of rotatable bonds is 6. The molecule has 144 valence electrons. The van der Waals surface area contributed by atoms with Gasteiger partial charge in [-0.05, 0) is 41.2 Å². The van der Waals surface area contributed by atoms with Crippen LogP contribution < -0.4 is 11.1 Å². The molecule has 2 fully saturated rings. The SMILES string of the molecule is CC1(C)S[C@H]2C(NC(=O)Cn3nnnc3CCN)C(=O)N2C1c1nnn[nH]1. The number of β-lactam (4-membered cyclic amide) rings is 1. The minimum absolute atomic E-state index is 0.0671. The molecule has 0 spiro atoms. The van der Waals surface area contributed by atoms with Crippen LogP contribution in [0.2, 0.25) is 0 Å². The van der Waals surface area contributed by atoms with Crippen molar-refractivity contribution in [2.45, 2.75) is 49.0 Å². The van der Waals surface area contributed by atoms with E-state index in [1.54, 1.807) is 16.7 Å². The maximum atomic E-state index is 12.7. The summed E-state index contributed by atoms with van der Waals surface area (Å²) in [4.78, 5) is 26.8. The van der Waals surface area contributed by atoms with Crippen LogP contribution in [0.5, 0.6) is 0 Å². The second-order valence-electron chi connectivity index (χ2n) is 6.88. The van der Waals surface area contributed by atoms with Gasteiger partial charge in [-0.25, -0.2) is 9.78 Å². The highest BCUT2D eigenvalue weighted by atomic mass is 32.2. The van der Waals surface area contributed by atoms with Crippen molar-refractivity contribution in [1.29, 1.82) is 0 Å². The average Bonchev–Trinajstić information content (AvgIpc) is 3.32. The molecule has 2 aromatic rings. The number of thioether (sulfide) groups is 1. The van der Waals surface area contributed by atoms with Crippen molar-refractivity contribution in [3.05, 3.63) is 11.6 Å². The van der Waals surface area contributed by atoms with Crippen molar-refractivity contribution in [2.75, 3.05) is 6.54 Å². The van der Waals surface area contributed by atoms with Gasteiger partial charge in [0.1, 0.15) is 24.0 Å². The number of nitrogens with zero attached hydrogens (tertiary/aromatic N) is 8. The fraction of sp³-hybridized carbons (Fsp3) is 0.692. The Morgan fingerprint density at radius 1 is 1.37 bits per heavy atom. The number of hydrogen-bond donors (Lipinski definition) is 3. The molecule has 4 rings (SSSR count). The molecule has 2 saturated heterocycles. The van der Waals surface area contributed by atoms with E-state index in [4.69, 9.17) is 5.73 Å². The molecule has 2 amide bonds. The molecule has 2 aliphatic heterocycles. The van der Waals surface area contributed by atoms with E-state index in [1.807, 2.05) is 13.8 Å². The zero-order chi connectivity index (χ0) is 19.2. The van der Waals surface area contributed by atoms with Gasteiger partial charge in [0.15, 0.2) is 11.6 Å². The van der Waals surface area contributed by atoms with E-state index in [-0.39, 0.29) is 34.5 Å². The summed E-state index contributed by atoms with van der Waals surface area (Å²) in [6.45, 7) is 4.36. The largest absolute Gasteiger partial charge is 0.340 e. The highest BCUT2D eigenvalue weighted by Gasteiger charge is 2.63. The third-order valence-corrected chi connectivity index (χ3v) is 6.22. The van der Waals surface area contributed by atoms with E-state index in [0.717, 1.165) is 0 Å². The summed E-state index contributed by atoms with van der Waals surface area (Å²) in [6, 6.07) is -0.879. The molecule has 14 heteroatoms. The highest BCUT2D eigenvalue weighted by Crippen LogP contribution is 2.56. The third-order valence-electron chi connectivity index (χ3n) is 4.65. The Kier molecular flexibility index (Phi) is 4.30. The number of nitrogens with two attached hydrogens (primary N) is 1. The summed E-state index contributed by atoms with van der Waals surface area (Å²) < 4.78 is 1.09. The van der Waals surface area contributed by atoms with Crippen molar-refractivity contribution in [3.63, 3.8) is 0 Å². The minimum atomic E-state index is -0.600. The van der Waals surface area contributed by atoms with Crippen LogP contribution in [-0.2, 0) is 22.6 Å². The monoisotopic (exact) mass is 393 g/mol. The van der Waals surface area contributed by atoms with Gasteiger partial charge < -0.3 is 16.0 Å². The van der Waals surface area contributed by atoms with Crippen molar-refractivity contribution in [3.8, 4) is 0 Å². The van der Waals surface area contributed by atoms with Gasteiger partial charge in [0.25, 0.3) is 0 Å². The van der Waals surface area contributed by atoms with Crippen LogP contribution in [0.15, 0.2) is 0 Å². The van der Waals surface area contributed by atoms with Crippen molar-refractivity contribution >= 4 is 23.6 Å². The van der Waals surface area contributed by atoms with Crippen LogP contribution in [0.25, 0.3) is 0 Å².